The number of methoxy groups -OCH3 is 1. The molecule has 0 fully saturated rings. The minimum absolute atomic E-state index is 0.0863. The Labute approximate surface area is 76.9 Å². The molecule has 0 rings (SSSR count). The molecule has 0 aliphatic heterocycles. The number of carbonyl (C=O) groups excluding carboxylic acids is 1. The summed E-state index contributed by atoms with van der Waals surface area (Å²) in [6, 6.07) is -0.164. The first-order chi connectivity index (χ1) is 6.02. The number of ether oxygens (including phenoxy) is 1. The topological polar surface area (TPSA) is 88.2 Å². The molecule has 1 amide bonds. The van der Waals surface area contributed by atoms with Gasteiger partial charge in [0.05, 0.1) is 7.11 Å². The van der Waals surface area contributed by atoms with Gasteiger partial charge in [-0.2, -0.15) is 0 Å². The Balaban J connectivity index is 4.10. The number of nitrogens with two attached hydrogens (primary N) is 1. The van der Waals surface area contributed by atoms with Gasteiger partial charge in [0.2, 0.25) is 0 Å². The highest BCUT2D eigenvalue weighted by molar-refractivity contribution is 5.80. The van der Waals surface area contributed by atoms with E-state index < -0.39 is 6.09 Å². The first kappa shape index (κ1) is 11.5. The SMILES string of the molecule is COC(=O)N(C)C(C)CC(N)=NO. The average molecular weight is 189 g/mol. The fourth-order valence-electron chi connectivity index (χ4n) is 0.804. The van der Waals surface area contributed by atoms with E-state index >= 15 is 0 Å². The van der Waals surface area contributed by atoms with Crippen molar-refractivity contribution in [2.24, 2.45) is 10.9 Å². The van der Waals surface area contributed by atoms with Gasteiger partial charge in [0, 0.05) is 19.5 Å². The third-order valence-corrected chi connectivity index (χ3v) is 1.76. The van der Waals surface area contributed by atoms with Crippen LogP contribution in [0.15, 0.2) is 5.16 Å². The molecule has 1 unspecified atom stereocenters. The van der Waals surface area contributed by atoms with E-state index in [2.05, 4.69) is 9.89 Å². The zero-order valence-electron chi connectivity index (χ0n) is 8.02. The van der Waals surface area contributed by atoms with E-state index in [-0.39, 0.29) is 11.9 Å². The van der Waals surface area contributed by atoms with Crippen molar-refractivity contribution in [2.75, 3.05) is 14.2 Å². The second-order valence-electron chi connectivity index (χ2n) is 2.73. The molecule has 0 spiro atoms. The Bertz CT molecular complexity index is 205. The summed E-state index contributed by atoms with van der Waals surface area (Å²) in [5.74, 6) is 0.0863. The summed E-state index contributed by atoms with van der Waals surface area (Å²) < 4.78 is 4.49. The van der Waals surface area contributed by atoms with E-state index in [4.69, 9.17) is 10.9 Å². The molecule has 0 aliphatic carbocycles. The molecule has 0 aliphatic rings. The van der Waals surface area contributed by atoms with Crippen LogP contribution in [0.1, 0.15) is 13.3 Å². The molecule has 6 heteroatoms. The van der Waals surface area contributed by atoms with E-state index in [9.17, 15) is 4.79 Å². The van der Waals surface area contributed by atoms with Gasteiger partial charge in [0.25, 0.3) is 0 Å². The summed E-state index contributed by atoms with van der Waals surface area (Å²) >= 11 is 0. The van der Waals surface area contributed by atoms with Crippen LogP contribution in [0, 0.1) is 0 Å². The predicted molar refractivity (Wildman–Crippen MR) is 47.7 cm³/mol. The highest BCUT2D eigenvalue weighted by atomic mass is 16.5. The molecule has 0 heterocycles. The number of rotatable bonds is 3. The van der Waals surface area contributed by atoms with Crippen LogP contribution in [0.2, 0.25) is 0 Å². The fourth-order valence-corrected chi connectivity index (χ4v) is 0.804. The summed E-state index contributed by atoms with van der Waals surface area (Å²) in [6.07, 6.45) is -0.138. The summed E-state index contributed by atoms with van der Waals surface area (Å²) in [7, 11) is 2.89. The summed E-state index contributed by atoms with van der Waals surface area (Å²) in [4.78, 5) is 12.4. The molecular weight excluding hydrogens is 174 g/mol. The van der Waals surface area contributed by atoms with E-state index in [0.717, 1.165) is 0 Å². The first-order valence-corrected chi connectivity index (χ1v) is 3.80. The van der Waals surface area contributed by atoms with Crippen LogP contribution in [0.25, 0.3) is 0 Å². The molecule has 0 bridgehead atoms. The Kier molecular flexibility index (Phi) is 4.64. The van der Waals surface area contributed by atoms with E-state index in [1.807, 2.05) is 0 Å². The monoisotopic (exact) mass is 189 g/mol. The number of amidine groups is 1. The van der Waals surface area contributed by atoms with Crippen LogP contribution < -0.4 is 5.73 Å². The first-order valence-electron chi connectivity index (χ1n) is 3.80. The highest BCUT2D eigenvalue weighted by Crippen LogP contribution is 2.02. The summed E-state index contributed by atoms with van der Waals surface area (Å²) in [5.41, 5.74) is 5.27. The molecule has 0 aromatic carbocycles. The van der Waals surface area contributed by atoms with Crippen LogP contribution in [0.5, 0.6) is 0 Å². The van der Waals surface area contributed by atoms with Crippen molar-refractivity contribution < 1.29 is 14.7 Å². The van der Waals surface area contributed by atoms with Crippen molar-refractivity contribution in [3.05, 3.63) is 0 Å². The van der Waals surface area contributed by atoms with E-state index in [1.165, 1.54) is 12.0 Å². The van der Waals surface area contributed by atoms with Crippen molar-refractivity contribution in [2.45, 2.75) is 19.4 Å². The van der Waals surface area contributed by atoms with Crippen molar-refractivity contribution in [1.82, 2.24) is 4.90 Å². The van der Waals surface area contributed by atoms with Gasteiger partial charge in [0.15, 0.2) is 0 Å². The van der Waals surface area contributed by atoms with Crippen molar-refractivity contribution in [3.8, 4) is 0 Å². The number of nitrogens with zero attached hydrogens (tertiary/aromatic N) is 2. The van der Waals surface area contributed by atoms with Gasteiger partial charge in [-0.1, -0.05) is 5.16 Å². The maximum atomic E-state index is 11.0. The number of hydrogen-bond acceptors (Lipinski definition) is 4. The molecule has 3 N–H and O–H groups in total. The molecule has 1 atom stereocenters. The van der Waals surface area contributed by atoms with Crippen molar-refractivity contribution >= 4 is 11.9 Å². The molecule has 6 nitrogen and oxygen atoms in total. The molecule has 0 saturated heterocycles. The second kappa shape index (κ2) is 5.23. The molecule has 13 heavy (non-hydrogen) atoms. The van der Waals surface area contributed by atoms with Gasteiger partial charge in [-0.25, -0.2) is 4.79 Å². The molecule has 0 radical (unpaired) electrons. The zero-order chi connectivity index (χ0) is 10.4. The largest absolute Gasteiger partial charge is 0.453 e. The Hall–Kier alpha value is -1.46. The quantitative estimate of drug-likeness (QED) is 0.287. The summed E-state index contributed by atoms with van der Waals surface area (Å²) in [6.45, 7) is 1.77. The number of oxime groups is 1. The van der Waals surface area contributed by atoms with Crippen LogP contribution >= 0.6 is 0 Å². The molecular formula is C7H15N3O3. The van der Waals surface area contributed by atoms with E-state index in [1.54, 1.807) is 14.0 Å². The van der Waals surface area contributed by atoms with Crippen molar-refractivity contribution in [1.29, 1.82) is 0 Å². The van der Waals surface area contributed by atoms with Gasteiger partial charge in [-0.3, -0.25) is 0 Å². The Morgan fingerprint density at radius 1 is 1.77 bits per heavy atom. The standard InChI is InChI=1S/C7H15N3O3/c1-5(4-6(8)9-12)10(2)7(11)13-3/h5,12H,4H2,1-3H3,(H2,8,9). The summed E-state index contributed by atoms with van der Waals surface area (Å²) in [5, 5.41) is 11.1. The van der Waals surface area contributed by atoms with Gasteiger partial charge in [-0.15, -0.1) is 0 Å². The lowest BCUT2D eigenvalue weighted by molar-refractivity contribution is 0.121. The second-order valence-corrected chi connectivity index (χ2v) is 2.73. The maximum absolute atomic E-state index is 11.0. The average Bonchev–Trinajstić information content (AvgIpc) is 2.14. The Morgan fingerprint density at radius 2 is 2.31 bits per heavy atom. The number of amides is 1. The maximum Gasteiger partial charge on any atom is 0.409 e. The highest BCUT2D eigenvalue weighted by Gasteiger charge is 2.16. The third-order valence-electron chi connectivity index (χ3n) is 1.76. The van der Waals surface area contributed by atoms with Crippen LogP contribution in [-0.4, -0.2) is 42.2 Å². The predicted octanol–water partition coefficient (Wildman–Crippen LogP) is 0.210. The lowest BCUT2D eigenvalue weighted by Gasteiger charge is -2.22. The Morgan fingerprint density at radius 3 is 2.69 bits per heavy atom. The molecule has 76 valence electrons. The third kappa shape index (κ3) is 3.64. The van der Waals surface area contributed by atoms with Gasteiger partial charge in [0.1, 0.15) is 5.84 Å². The lowest BCUT2D eigenvalue weighted by Crippen LogP contribution is -2.37. The van der Waals surface area contributed by atoms with Crippen LogP contribution in [0.3, 0.4) is 0 Å². The van der Waals surface area contributed by atoms with E-state index in [0.29, 0.717) is 6.42 Å². The minimum Gasteiger partial charge on any atom is -0.453 e. The lowest BCUT2D eigenvalue weighted by atomic mass is 10.2. The molecule has 0 aromatic rings. The molecule has 0 aromatic heterocycles. The molecule has 0 saturated carbocycles. The van der Waals surface area contributed by atoms with Crippen molar-refractivity contribution in [3.63, 3.8) is 0 Å². The van der Waals surface area contributed by atoms with Crippen LogP contribution in [0.4, 0.5) is 4.79 Å². The minimum atomic E-state index is -0.446. The fraction of sp³-hybridized carbons (Fsp3) is 0.714. The zero-order valence-corrected chi connectivity index (χ0v) is 8.02. The number of carbonyl (C=O) groups is 1. The number of hydrogen-bond donors (Lipinski definition) is 2. The van der Waals surface area contributed by atoms with Gasteiger partial charge >= 0.3 is 6.09 Å². The van der Waals surface area contributed by atoms with Gasteiger partial charge < -0.3 is 20.6 Å². The normalized spacial score (nSPS) is 13.6. The van der Waals surface area contributed by atoms with Crippen LogP contribution in [-0.2, 0) is 4.74 Å². The smallest absolute Gasteiger partial charge is 0.409 e. The van der Waals surface area contributed by atoms with Gasteiger partial charge in [-0.05, 0) is 6.92 Å².